The van der Waals surface area contributed by atoms with Crippen molar-refractivity contribution < 1.29 is 9.59 Å². The highest BCUT2D eigenvalue weighted by molar-refractivity contribution is 6.32. The smallest absolute Gasteiger partial charge is 0.316 e. The fourth-order valence-corrected chi connectivity index (χ4v) is 2.49. The van der Waals surface area contributed by atoms with Crippen molar-refractivity contribution in [2.45, 2.75) is 6.92 Å². The molecule has 6 heteroatoms. The number of carbonyl (C=O) groups is 2. The predicted molar refractivity (Wildman–Crippen MR) is 80.2 cm³/mol. The number of nitrogens with zero attached hydrogens (tertiary/aromatic N) is 1. The van der Waals surface area contributed by atoms with E-state index in [1.807, 2.05) is 48.0 Å². The molecule has 3 amide bonds. The molecule has 1 fully saturated rings. The monoisotopic (exact) mass is 301 g/mol. The lowest BCUT2D eigenvalue weighted by molar-refractivity contribution is -0.115. The third-order valence-electron chi connectivity index (χ3n) is 3.16. The van der Waals surface area contributed by atoms with Crippen LogP contribution in [0.3, 0.4) is 0 Å². The molecule has 2 heterocycles. The minimum absolute atomic E-state index is 0.211. The first-order valence-electron chi connectivity index (χ1n) is 6.32. The van der Waals surface area contributed by atoms with Gasteiger partial charge in [0.2, 0.25) is 0 Å². The zero-order valence-electron chi connectivity index (χ0n) is 11.2. The Morgan fingerprint density at radius 3 is 2.67 bits per heavy atom. The number of hydrogen-bond donors (Lipinski definition) is 2. The maximum Gasteiger partial charge on any atom is 0.326 e. The summed E-state index contributed by atoms with van der Waals surface area (Å²) in [5.74, 6) is -0.442. The molecule has 106 valence electrons. The zero-order valence-corrected chi connectivity index (χ0v) is 11.9. The Morgan fingerprint density at radius 1 is 1.19 bits per heavy atom. The molecule has 0 atom stereocenters. The Balaban J connectivity index is 2.04. The fourth-order valence-electron chi connectivity index (χ4n) is 2.17. The summed E-state index contributed by atoms with van der Waals surface area (Å²) in [5.41, 5.74) is 2.83. The molecule has 0 bridgehead atoms. The topological polar surface area (TPSA) is 63.1 Å². The molecule has 1 aliphatic heterocycles. The summed E-state index contributed by atoms with van der Waals surface area (Å²) in [7, 11) is 0. The standard InChI is InChI=1S/C15H12ClN3O2/c1-9-4-5-13(11(16)7-9)19-6-2-3-10(19)8-12-14(20)18-15(21)17-12/h2-8H,1H3,(H2,17,18,20,21)/b12-8+. The van der Waals surface area contributed by atoms with E-state index in [9.17, 15) is 9.59 Å². The Bertz CT molecular complexity index is 777. The van der Waals surface area contributed by atoms with Gasteiger partial charge in [-0.15, -0.1) is 0 Å². The molecular weight excluding hydrogens is 290 g/mol. The highest BCUT2D eigenvalue weighted by atomic mass is 35.5. The molecule has 0 aliphatic carbocycles. The van der Waals surface area contributed by atoms with Crippen molar-refractivity contribution in [3.05, 3.63) is 58.5 Å². The van der Waals surface area contributed by atoms with Crippen LogP contribution in [-0.2, 0) is 4.79 Å². The summed E-state index contributed by atoms with van der Waals surface area (Å²) >= 11 is 6.27. The Labute approximate surface area is 126 Å². The molecule has 2 N–H and O–H groups in total. The van der Waals surface area contributed by atoms with E-state index in [0.717, 1.165) is 16.9 Å². The van der Waals surface area contributed by atoms with Gasteiger partial charge in [0.15, 0.2) is 0 Å². The molecule has 1 aromatic carbocycles. The molecule has 2 aromatic rings. The summed E-state index contributed by atoms with van der Waals surface area (Å²) in [6, 6.07) is 8.91. The highest BCUT2D eigenvalue weighted by Gasteiger charge is 2.23. The third-order valence-corrected chi connectivity index (χ3v) is 3.46. The summed E-state index contributed by atoms with van der Waals surface area (Å²) in [6.07, 6.45) is 3.45. The number of aryl methyl sites for hydroxylation is 1. The van der Waals surface area contributed by atoms with Crippen LogP contribution in [0.1, 0.15) is 11.3 Å². The molecule has 0 unspecified atom stereocenters. The van der Waals surface area contributed by atoms with Crippen LogP contribution < -0.4 is 10.6 Å². The number of rotatable bonds is 2. The van der Waals surface area contributed by atoms with E-state index in [1.54, 1.807) is 6.08 Å². The van der Waals surface area contributed by atoms with Gasteiger partial charge in [-0.05, 0) is 42.8 Å². The molecule has 1 aromatic heterocycles. The lowest BCUT2D eigenvalue weighted by Crippen LogP contribution is -2.22. The normalized spacial score (nSPS) is 16.2. The van der Waals surface area contributed by atoms with E-state index in [2.05, 4.69) is 10.6 Å². The SMILES string of the molecule is Cc1ccc(-n2cccc2/C=C2/NC(=O)NC2=O)c(Cl)c1. The molecule has 21 heavy (non-hydrogen) atoms. The number of aromatic nitrogens is 1. The fraction of sp³-hybridized carbons (Fsp3) is 0.0667. The number of halogens is 1. The van der Waals surface area contributed by atoms with Gasteiger partial charge in [0.25, 0.3) is 5.91 Å². The summed E-state index contributed by atoms with van der Waals surface area (Å²) in [6.45, 7) is 1.96. The van der Waals surface area contributed by atoms with Crippen molar-refractivity contribution in [3.63, 3.8) is 0 Å². The Morgan fingerprint density at radius 2 is 2.00 bits per heavy atom. The molecule has 0 radical (unpaired) electrons. The van der Waals surface area contributed by atoms with Gasteiger partial charge in [0.05, 0.1) is 10.7 Å². The third kappa shape index (κ3) is 2.55. The molecule has 0 saturated carbocycles. The van der Waals surface area contributed by atoms with E-state index in [-0.39, 0.29) is 5.70 Å². The number of nitrogens with one attached hydrogen (secondary N) is 2. The van der Waals surface area contributed by atoms with Gasteiger partial charge < -0.3 is 9.88 Å². The first kappa shape index (κ1) is 13.5. The highest BCUT2D eigenvalue weighted by Crippen LogP contribution is 2.24. The second-order valence-corrected chi connectivity index (χ2v) is 5.13. The van der Waals surface area contributed by atoms with Crippen molar-refractivity contribution in [2.75, 3.05) is 0 Å². The molecule has 3 rings (SSSR count). The number of benzene rings is 1. The molecular formula is C15H12ClN3O2. The van der Waals surface area contributed by atoms with Crippen molar-refractivity contribution in [1.82, 2.24) is 15.2 Å². The lowest BCUT2D eigenvalue weighted by Gasteiger charge is -2.10. The van der Waals surface area contributed by atoms with Gasteiger partial charge in [-0.25, -0.2) is 4.79 Å². The summed E-state index contributed by atoms with van der Waals surface area (Å²) in [4.78, 5) is 22.7. The number of carbonyl (C=O) groups excluding carboxylic acids is 2. The van der Waals surface area contributed by atoms with E-state index < -0.39 is 11.9 Å². The second kappa shape index (κ2) is 5.10. The van der Waals surface area contributed by atoms with Gasteiger partial charge >= 0.3 is 6.03 Å². The van der Waals surface area contributed by atoms with Crippen molar-refractivity contribution in [1.29, 1.82) is 0 Å². The molecule has 1 saturated heterocycles. The minimum Gasteiger partial charge on any atom is -0.316 e. The number of hydrogen-bond acceptors (Lipinski definition) is 2. The number of urea groups is 1. The largest absolute Gasteiger partial charge is 0.326 e. The second-order valence-electron chi connectivity index (χ2n) is 4.72. The van der Waals surface area contributed by atoms with Crippen LogP contribution in [0.15, 0.2) is 42.2 Å². The van der Waals surface area contributed by atoms with Crippen LogP contribution in [0.25, 0.3) is 11.8 Å². The van der Waals surface area contributed by atoms with Gasteiger partial charge in [0, 0.05) is 11.9 Å². The Kier molecular flexibility index (Phi) is 3.27. The van der Waals surface area contributed by atoms with Gasteiger partial charge in [0.1, 0.15) is 5.70 Å². The van der Waals surface area contributed by atoms with Crippen LogP contribution in [0.5, 0.6) is 0 Å². The number of imide groups is 1. The van der Waals surface area contributed by atoms with E-state index >= 15 is 0 Å². The molecule has 1 aliphatic rings. The van der Waals surface area contributed by atoms with Gasteiger partial charge in [-0.2, -0.15) is 0 Å². The first-order chi connectivity index (χ1) is 10.0. The predicted octanol–water partition coefficient (Wildman–Crippen LogP) is 2.62. The van der Waals surface area contributed by atoms with Gasteiger partial charge in [-0.1, -0.05) is 17.7 Å². The van der Waals surface area contributed by atoms with Crippen LogP contribution in [0, 0.1) is 6.92 Å². The van der Waals surface area contributed by atoms with Crippen molar-refractivity contribution in [3.8, 4) is 5.69 Å². The summed E-state index contributed by atoms with van der Waals surface area (Å²) in [5, 5.41) is 5.24. The minimum atomic E-state index is -0.516. The maximum absolute atomic E-state index is 11.6. The number of amides is 3. The average Bonchev–Trinajstić information content (AvgIpc) is 2.97. The van der Waals surface area contributed by atoms with Crippen molar-refractivity contribution >= 4 is 29.6 Å². The van der Waals surface area contributed by atoms with E-state index in [4.69, 9.17) is 11.6 Å². The first-order valence-corrected chi connectivity index (χ1v) is 6.70. The average molecular weight is 302 g/mol. The van der Waals surface area contributed by atoms with Crippen LogP contribution >= 0.6 is 11.6 Å². The van der Waals surface area contributed by atoms with Crippen LogP contribution in [-0.4, -0.2) is 16.5 Å². The van der Waals surface area contributed by atoms with Crippen LogP contribution in [0.2, 0.25) is 5.02 Å². The van der Waals surface area contributed by atoms with E-state index in [1.165, 1.54) is 0 Å². The maximum atomic E-state index is 11.6. The Hall–Kier alpha value is -2.53. The summed E-state index contributed by atoms with van der Waals surface area (Å²) < 4.78 is 1.85. The quantitative estimate of drug-likeness (QED) is 0.661. The van der Waals surface area contributed by atoms with Crippen molar-refractivity contribution in [2.24, 2.45) is 0 Å². The molecule has 0 spiro atoms. The molecule has 5 nitrogen and oxygen atoms in total. The lowest BCUT2D eigenvalue weighted by atomic mass is 10.2. The van der Waals surface area contributed by atoms with Gasteiger partial charge in [-0.3, -0.25) is 10.1 Å². The zero-order chi connectivity index (χ0) is 15.0. The van der Waals surface area contributed by atoms with Crippen LogP contribution in [0.4, 0.5) is 4.79 Å². The van der Waals surface area contributed by atoms with E-state index in [0.29, 0.717) is 5.02 Å².